The highest BCUT2D eigenvalue weighted by atomic mass is 35.5. The van der Waals surface area contributed by atoms with Gasteiger partial charge in [0, 0.05) is 11.5 Å². The maximum atomic E-state index is 14.9. The number of ether oxygens (including phenoxy) is 1. The van der Waals surface area contributed by atoms with Crippen molar-refractivity contribution in [1.29, 1.82) is 0 Å². The SMILES string of the molecule is CC(C)(C)C[C@]1(C2C=CC(n3cc(F)cn3)=CC2)N=C(N)N([C@H](COC(=O)NC2(C(F)(F)F)CC2)c2ccc(Cl)c(-c3ncnn3C(F)F)c2)C1=O. The number of hydrogen-bond donors (Lipinski definition) is 2. The first-order valence-electron chi connectivity index (χ1n) is 16.1. The number of aliphatic imine (C=N–C) groups is 1. The summed E-state index contributed by atoms with van der Waals surface area (Å²) in [5.41, 5.74) is 2.77. The summed E-state index contributed by atoms with van der Waals surface area (Å²) >= 11 is 6.42. The molecular weight excluding hydrogens is 720 g/mol. The number of aromatic nitrogens is 5. The standard InChI is InChI=1S/C33H34ClF6N9O3/c1-30(2,3)16-32(19-5-7-21(8-6-19)47-14-20(35)13-43-47)26(50)48(28(41)45-32)24(15-52-29(51)46-31(10-11-31)33(38,39)40)18-4-9-23(34)22(12-18)25-42-17-44-49(25)27(36)37/h4-5,7-9,12-14,17,19,24,27H,6,10-11,15-16H2,1-3H3,(H2,41,45)(H,46,51)/t19?,24-,32-/m1/s1. The van der Waals surface area contributed by atoms with Crippen molar-refractivity contribution in [2.45, 2.75) is 76.3 Å². The van der Waals surface area contributed by atoms with Gasteiger partial charge in [0.25, 0.3) is 5.91 Å². The second kappa shape index (κ2) is 13.3. The van der Waals surface area contributed by atoms with E-state index in [1.807, 2.05) is 26.1 Å². The number of benzene rings is 1. The van der Waals surface area contributed by atoms with Crippen LogP contribution in [0.15, 0.2) is 60.1 Å². The molecule has 1 fully saturated rings. The minimum absolute atomic E-state index is 0.0135. The summed E-state index contributed by atoms with van der Waals surface area (Å²) < 4.78 is 89.2. The van der Waals surface area contributed by atoms with Gasteiger partial charge >= 0.3 is 18.8 Å². The molecule has 278 valence electrons. The van der Waals surface area contributed by atoms with E-state index in [0.29, 0.717) is 10.4 Å². The van der Waals surface area contributed by atoms with Crippen LogP contribution >= 0.6 is 11.6 Å². The predicted molar refractivity (Wildman–Crippen MR) is 176 cm³/mol. The lowest BCUT2D eigenvalue weighted by Gasteiger charge is -2.38. The Balaban J connectivity index is 1.38. The first-order chi connectivity index (χ1) is 24.3. The van der Waals surface area contributed by atoms with E-state index in [1.165, 1.54) is 29.1 Å². The Kier molecular flexibility index (Phi) is 9.42. The fourth-order valence-electron chi connectivity index (χ4n) is 6.61. The van der Waals surface area contributed by atoms with Gasteiger partial charge in [0.1, 0.15) is 18.5 Å². The lowest BCUT2D eigenvalue weighted by molar-refractivity contribution is -0.164. The van der Waals surface area contributed by atoms with E-state index < -0.39 is 65.6 Å². The van der Waals surface area contributed by atoms with Crippen LogP contribution in [-0.4, -0.2) is 71.3 Å². The molecule has 3 aromatic rings. The Labute approximate surface area is 298 Å². The number of allylic oxidation sites excluding steroid dienone is 3. The zero-order valence-corrected chi connectivity index (χ0v) is 28.8. The van der Waals surface area contributed by atoms with E-state index in [0.717, 1.165) is 17.4 Å². The Morgan fingerprint density at radius 1 is 1.19 bits per heavy atom. The highest BCUT2D eigenvalue weighted by molar-refractivity contribution is 6.33. The highest BCUT2D eigenvalue weighted by Crippen LogP contribution is 2.49. The van der Waals surface area contributed by atoms with E-state index in [4.69, 9.17) is 27.1 Å². The lowest BCUT2D eigenvalue weighted by Crippen LogP contribution is -2.52. The third-order valence-electron chi connectivity index (χ3n) is 9.15. The van der Waals surface area contributed by atoms with Gasteiger partial charge < -0.3 is 15.8 Å². The highest BCUT2D eigenvalue weighted by Gasteiger charge is 2.65. The Morgan fingerprint density at radius 3 is 2.50 bits per heavy atom. The van der Waals surface area contributed by atoms with Crippen LogP contribution in [0.25, 0.3) is 17.1 Å². The van der Waals surface area contributed by atoms with Crippen LogP contribution < -0.4 is 11.1 Å². The van der Waals surface area contributed by atoms with Gasteiger partial charge in [-0.1, -0.05) is 50.6 Å². The molecule has 0 radical (unpaired) electrons. The molecule has 52 heavy (non-hydrogen) atoms. The van der Waals surface area contributed by atoms with Crippen molar-refractivity contribution in [3.05, 3.63) is 71.6 Å². The summed E-state index contributed by atoms with van der Waals surface area (Å²) in [4.78, 5) is 37.5. The zero-order chi connectivity index (χ0) is 37.8. The lowest BCUT2D eigenvalue weighted by atomic mass is 9.70. The smallest absolute Gasteiger partial charge is 0.411 e. The third-order valence-corrected chi connectivity index (χ3v) is 9.48. The molecule has 2 aliphatic carbocycles. The van der Waals surface area contributed by atoms with E-state index >= 15 is 0 Å². The van der Waals surface area contributed by atoms with Gasteiger partial charge in [0.2, 0.25) is 0 Å². The molecule has 0 bridgehead atoms. The number of rotatable bonds is 10. The van der Waals surface area contributed by atoms with Crippen molar-refractivity contribution in [3.63, 3.8) is 0 Å². The number of carbonyl (C=O) groups excluding carboxylic acids is 2. The number of alkyl halides is 5. The normalized spacial score (nSPS) is 22.0. The van der Waals surface area contributed by atoms with Crippen LogP contribution in [0.5, 0.6) is 0 Å². The van der Waals surface area contributed by atoms with E-state index in [9.17, 15) is 35.9 Å². The number of guanidine groups is 1. The molecule has 1 aromatic carbocycles. The Morgan fingerprint density at radius 2 is 1.92 bits per heavy atom. The number of nitrogens with zero attached hydrogens (tertiary/aromatic N) is 7. The molecule has 3 heterocycles. The van der Waals surface area contributed by atoms with Gasteiger partial charge in [-0.05, 0) is 54.9 Å². The second-order valence-electron chi connectivity index (χ2n) is 14.1. The number of amides is 2. The molecule has 3 N–H and O–H groups in total. The first kappa shape index (κ1) is 36.9. The molecule has 1 aliphatic heterocycles. The number of nitrogens with one attached hydrogen (secondary N) is 1. The molecule has 12 nitrogen and oxygen atoms in total. The van der Waals surface area contributed by atoms with Gasteiger partial charge in [0.05, 0.1) is 29.2 Å². The van der Waals surface area contributed by atoms with Crippen LogP contribution in [0.3, 0.4) is 0 Å². The van der Waals surface area contributed by atoms with Crippen molar-refractivity contribution >= 4 is 35.3 Å². The van der Waals surface area contributed by atoms with Gasteiger partial charge in [-0.15, -0.1) is 0 Å². The second-order valence-corrected chi connectivity index (χ2v) is 14.5. The van der Waals surface area contributed by atoms with Crippen molar-refractivity contribution in [2.24, 2.45) is 22.1 Å². The van der Waals surface area contributed by atoms with Crippen LogP contribution in [0.1, 0.15) is 64.6 Å². The fraction of sp³-hybridized carbons (Fsp3) is 0.455. The van der Waals surface area contributed by atoms with Crippen LogP contribution in [-0.2, 0) is 9.53 Å². The van der Waals surface area contributed by atoms with Crippen molar-refractivity contribution < 1.29 is 40.7 Å². The summed E-state index contributed by atoms with van der Waals surface area (Å²) in [7, 11) is 0. The van der Waals surface area contributed by atoms with Crippen LogP contribution in [0.2, 0.25) is 5.02 Å². The summed E-state index contributed by atoms with van der Waals surface area (Å²) in [6.07, 6.45) is 2.02. The molecule has 2 amide bonds. The average Bonchev–Trinajstić information content (AvgIpc) is 3.36. The van der Waals surface area contributed by atoms with Gasteiger partial charge in [-0.25, -0.2) is 23.8 Å². The number of alkyl carbamates (subject to hydrolysis) is 1. The minimum atomic E-state index is -4.72. The van der Waals surface area contributed by atoms with Crippen LogP contribution in [0.4, 0.5) is 31.1 Å². The molecule has 0 saturated heterocycles. The summed E-state index contributed by atoms with van der Waals surface area (Å²) in [6.45, 7) is 1.91. The summed E-state index contributed by atoms with van der Waals surface area (Å²) in [5.74, 6) is -2.31. The van der Waals surface area contributed by atoms with Crippen molar-refractivity contribution in [3.8, 4) is 11.4 Å². The van der Waals surface area contributed by atoms with Crippen molar-refractivity contribution in [1.82, 2.24) is 34.8 Å². The number of nitrogens with two attached hydrogens (primary N) is 1. The topological polar surface area (TPSA) is 146 Å². The molecule has 3 atom stereocenters. The molecule has 1 saturated carbocycles. The number of carbonyl (C=O) groups is 2. The van der Waals surface area contributed by atoms with Crippen molar-refractivity contribution in [2.75, 3.05) is 6.61 Å². The molecule has 3 aliphatic rings. The molecule has 0 spiro atoms. The average molecular weight is 754 g/mol. The monoisotopic (exact) mass is 753 g/mol. The minimum Gasteiger partial charge on any atom is -0.447 e. The Bertz CT molecular complexity index is 1960. The van der Waals surface area contributed by atoms with Gasteiger partial charge in [-0.3, -0.25) is 9.69 Å². The zero-order valence-electron chi connectivity index (χ0n) is 28.0. The largest absolute Gasteiger partial charge is 0.447 e. The number of hydrogen-bond acceptors (Lipinski definition) is 8. The third kappa shape index (κ3) is 6.99. The molecule has 1 unspecified atom stereocenters. The van der Waals surface area contributed by atoms with Gasteiger partial charge in [-0.2, -0.15) is 36.8 Å². The van der Waals surface area contributed by atoms with E-state index in [-0.39, 0.29) is 53.6 Å². The maximum absolute atomic E-state index is 14.9. The maximum Gasteiger partial charge on any atom is 0.411 e. The first-order valence-corrected chi connectivity index (χ1v) is 16.5. The molecule has 2 aromatic heterocycles. The molecule has 6 rings (SSSR count). The Hall–Kier alpha value is -4.87. The summed E-state index contributed by atoms with van der Waals surface area (Å²) in [5, 5.41) is 9.40. The van der Waals surface area contributed by atoms with E-state index in [2.05, 4.69) is 15.2 Å². The summed E-state index contributed by atoms with van der Waals surface area (Å²) in [6, 6.07) is 2.78. The molecule has 19 heteroatoms. The van der Waals surface area contributed by atoms with Gasteiger partial charge in [0.15, 0.2) is 23.1 Å². The number of halogens is 7. The molecular formula is C33H34ClF6N9O3. The fourth-order valence-corrected chi connectivity index (χ4v) is 6.81. The van der Waals surface area contributed by atoms with E-state index in [1.54, 1.807) is 18.2 Å². The van der Waals surface area contributed by atoms with Crippen LogP contribution in [0, 0.1) is 17.2 Å². The predicted octanol–water partition coefficient (Wildman–Crippen LogP) is 6.64. The quantitative estimate of drug-likeness (QED) is 0.221.